The van der Waals surface area contributed by atoms with Gasteiger partial charge >= 0.3 is 0 Å². The first-order valence-corrected chi connectivity index (χ1v) is 7.95. The van der Waals surface area contributed by atoms with Gasteiger partial charge in [-0.05, 0) is 19.8 Å². The molecule has 1 saturated heterocycles. The second-order valence-electron chi connectivity index (χ2n) is 4.84. The van der Waals surface area contributed by atoms with Gasteiger partial charge in [-0.15, -0.1) is 5.10 Å². The molecule has 1 aromatic rings. The molecule has 1 aromatic heterocycles. The molecule has 0 radical (unpaired) electrons. The quantitative estimate of drug-likeness (QED) is 0.792. The number of piperidine rings is 1. The van der Waals surface area contributed by atoms with Crippen molar-refractivity contribution in [3.63, 3.8) is 0 Å². The second-order valence-corrected chi connectivity index (χ2v) is 7.21. The summed E-state index contributed by atoms with van der Waals surface area (Å²) in [5.74, 6) is 0.919. The molecule has 1 aliphatic heterocycles. The van der Waals surface area contributed by atoms with Gasteiger partial charge in [0.2, 0.25) is 5.95 Å². The zero-order valence-electron chi connectivity index (χ0n) is 10.6. The standard InChI is InChI=1S/C10H19N5O2S/c1-7(18(2,16)17)9-12-10(14-13-9)15-5-3-4-8(11)6-15/h7-8H,3-6,11H2,1-2H3,(H,12,13,14). The van der Waals surface area contributed by atoms with Gasteiger partial charge in [-0.25, -0.2) is 8.42 Å². The maximum absolute atomic E-state index is 11.4. The first kappa shape index (κ1) is 13.3. The Bertz CT molecular complexity index is 512. The van der Waals surface area contributed by atoms with E-state index in [0.29, 0.717) is 18.3 Å². The summed E-state index contributed by atoms with van der Waals surface area (Å²) in [5.41, 5.74) is 5.90. The number of rotatable bonds is 3. The first-order valence-electron chi connectivity index (χ1n) is 5.99. The van der Waals surface area contributed by atoms with Gasteiger partial charge in [-0.2, -0.15) is 4.98 Å². The van der Waals surface area contributed by atoms with Crippen molar-refractivity contribution in [2.24, 2.45) is 5.73 Å². The predicted octanol–water partition coefficient (Wildman–Crippen LogP) is -0.162. The normalized spacial score (nSPS) is 23.1. The van der Waals surface area contributed by atoms with Crippen molar-refractivity contribution >= 4 is 15.8 Å². The SMILES string of the molecule is CC(c1nc(N2CCCC(N)C2)n[nH]1)S(C)(=O)=O. The lowest BCUT2D eigenvalue weighted by Crippen LogP contribution is -2.43. The molecule has 2 heterocycles. The molecule has 2 atom stereocenters. The number of anilines is 1. The zero-order valence-corrected chi connectivity index (χ0v) is 11.4. The molecule has 0 aliphatic carbocycles. The number of sulfone groups is 1. The Morgan fingerprint density at radius 1 is 1.56 bits per heavy atom. The van der Waals surface area contributed by atoms with E-state index in [4.69, 9.17) is 5.73 Å². The molecule has 3 N–H and O–H groups in total. The summed E-state index contributed by atoms with van der Waals surface area (Å²) < 4.78 is 22.9. The van der Waals surface area contributed by atoms with Crippen molar-refractivity contribution < 1.29 is 8.42 Å². The Hall–Kier alpha value is -1.15. The van der Waals surface area contributed by atoms with E-state index >= 15 is 0 Å². The smallest absolute Gasteiger partial charge is 0.244 e. The van der Waals surface area contributed by atoms with Gasteiger partial charge in [-0.1, -0.05) is 0 Å². The summed E-state index contributed by atoms with van der Waals surface area (Å²) in [6.07, 6.45) is 3.21. The van der Waals surface area contributed by atoms with Crippen LogP contribution in [0.15, 0.2) is 0 Å². The molecule has 0 bridgehead atoms. The molecular formula is C10H19N5O2S. The van der Waals surface area contributed by atoms with Crippen molar-refractivity contribution in [3.8, 4) is 0 Å². The van der Waals surface area contributed by atoms with E-state index < -0.39 is 15.1 Å². The van der Waals surface area contributed by atoms with Crippen LogP contribution in [0.4, 0.5) is 5.95 Å². The Labute approximate surface area is 107 Å². The fourth-order valence-corrected chi connectivity index (χ4v) is 2.49. The zero-order chi connectivity index (χ0) is 13.3. The van der Waals surface area contributed by atoms with Crippen LogP contribution in [0.3, 0.4) is 0 Å². The molecule has 8 heteroatoms. The van der Waals surface area contributed by atoms with Crippen molar-refractivity contribution in [3.05, 3.63) is 5.82 Å². The van der Waals surface area contributed by atoms with Crippen LogP contribution in [0.2, 0.25) is 0 Å². The molecule has 0 saturated carbocycles. The van der Waals surface area contributed by atoms with E-state index in [0.717, 1.165) is 19.4 Å². The second kappa shape index (κ2) is 4.85. The van der Waals surface area contributed by atoms with Crippen molar-refractivity contribution in [2.45, 2.75) is 31.1 Å². The predicted molar refractivity (Wildman–Crippen MR) is 69.1 cm³/mol. The Morgan fingerprint density at radius 3 is 2.89 bits per heavy atom. The fourth-order valence-electron chi connectivity index (χ4n) is 1.98. The van der Waals surface area contributed by atoms with Crippen LogP contribution in [0.1, 0.15) is 30.8 Å². The van der Waals surface area contributed by atoms with Crippen LogP contribution in [-0.4, -0.2) is 49.0 Å². The first-order chi connectivity index (χ1) is 8.38. The maximum atomic E-state index is 11.4. The van der Waals surface area contributed by atoms with Gasteiger partial charge in [0.15, 0.2) is 9.84 Å². The molecule has 0 amide bonds. The Morgan fingerprint density at radius 2 is 2.28 bits per heavy atom. The summed E-state index contributed by atoms with van der Waals surface area (Å²) in [4.78, 5) is 6.25. The number of hydrogen-bond acceptors (Lipinski definition) is 6. The highest BCUT2D eigenvalue weighted by molar-refractivity contribution is 7.90. The lowest BCUT2D eigenvalue weighted by Gasteiger charge is -2.29. The highest BCUT2D eigenvalue weighted by atomic mass is 32.2. The van der Waals surface area contributed by atoms with Crippen LogP contribution in [0, 0.1) is 0 Å². The molecule has 2 rings (SSSR count). The molecule has 7 nitrogen and oxygen atoms in total. The number of hydrogen-bond donors (Lipinski definition) is 2. The molecule has 2 unspecified atom stereocenters. The molecule has 102 valence electrons. The Kier molecular flexibility index (Phi) is 3.58. The third-order valence-electron chi connectivity index (χ3n) is 3.26. The van der Waals surface area contributed by atoms with Gasteiger partial charge in [0.1, 0.15) is 11.1 Å². The van der Waals surface area contributed by atoms with E-state index in [1.807, 2.05) is 4.90 Å². The van der Waals surface area contributed by atoms with Crippen molar-refractivity contribution in [1.82, 2.24) is 15.2 Å². The molecular weight excluding hydrogens is 254 g/mol. The van der Waals surface area contributed by atoms with Crippen LogP contribution in [-0.2, 0) is 9.84 Å². The summed E-state index contributed by atoms with van der Waals surface area (Å²) in [7, 11) is -3.16. The summed E-state index contributed by atoms with van der Waals surface area (Å²) >= 11 is 0. The topological polar surface area (TPSA) is 105 Å². The number of H-pyrrole nitrogens is 1. The van der Waals surface area contributed by atoms with E-state index in [-0.39, 0.29) is 6.04 Å². The number of nitrogens with two attached hydrogens (primary N) is 1. The minimum Gasteiger partial charge on any atom is -0.338 e. The van der Waals surface area contributed by atoms with E-state index in [1.165, 1.54) is 6.26 Å². The minimum absolute atomic E-state index is 0.132. The van der Waals surface area contributed by atoms with E-state index in [2.05, 4.69) is 15.2 Å². The summed E-state index contributed by atoms with van der Waals surface area (Å²) in [6.45, 7) is 3.17. The summed E-state index contributed by atoms with van der Waals surface area (Å²) in [5, 5.41) is 6.11. The highest BCUT2D eigenvalue weighted by Crippen LogP contribution is 2.20. The number of nitrogens with zero attached hydrogens (tertiary/aromatic N) is 3. The van der Waals surface area contributed by atoms with Crippen molar-refractivity contribution in [1.29, 1.82) is 0 Å². The third kappa shape index (κ3) is 2.81. The van der Waals surface area contributed by atoms with Crippen LogP contribution in [0.25, 0.3) is 0 Å². The Balaban J connectivity index is 2.15. The highest BCUT2D eigenvalue weighted by Gasteiger charge is 2.24. The van der Waals surface area contributed by atoms with Gasteiger partial charge in [-0.3, -0.25) is 5.10 Å². The molecule has 18 heavy (non-hydrogen) atoms. The monoisotopic (exact) mass is 273 g/mol. The fraction of sp³-hybridized carbons (Fsp3) is 0.800. The average molecular weight is 273 g/mol. The molecule has 1 aliphatic rings. The summed E-state index contributed by atoms with van der Waals surface area (Å²) in [6, 6.07) is 0.132. The number of nitrogens with one attached hydrogen (secondary N) is 1. The minimum atomic E-state index is -3.16. The largest absolute Gasteiger partial charge is 0.338 e. The number of aromatic amines is 1. The molecule has 1 fully saturated rings. The van der Waals surface area contributed by atoms with Crippen LogP contribution in [0.5, 0.6) is 0 Å². The lowest BCUT2D eigenvalue weighted by molar-refractivity contribution is 0.500. The lowest BCUT2D eigenvalue weighted by atomic mass is 10.1. The van der Waals surface area contributed by atoms with Crippen LogP contribution < -0.4 is 10.6 Å². The third-order valence-corrected chi connectivity index (χ3v) is 4.77. The molecule has 0 spiro atoms. The number of aromatic nitrogens is 3. The maximum Gasteiger partial charge on any atom is 0.244 e. The van der Waals surface area contributed by atoms with E-state index in [9.17, 15) is 8.42 Å². The van der Waals surface area contributed by atoms with Gasteiger partial charge in [0.25, 0.3) is 0 Å². The van der Waals surface area contributed by atoms with Gasteiger partial charge in [0, 0.05) is 25.4 Å². The van der Waals surface area contributed by atoms with Crippen molar-refractivity contribution in [2.75, 3.05) is 24.2 Å². The van der Waals surface area contributed by atoms with Gasteiger partial charge in [0.05, 0.1) is 0 Å². The van der Waals surface area contributed by atoms with Gasteiger partial charge < -0.3 is 10.6 Å². The molecule has 0 aromatic carbocycles. The van der Waals surface area contributed by atoms with Crippen LogP contribution >= 0.6 is 0 Å². The van der Waals surface area contributed by atoms with E-state index in [1.54, 1.807) is 6.92 Å². The average Bonchev–Trinajstić information content (AvgIpc) is 2.75.